The molecule has 128 valence electrons. The third-order valence-electron chi connectivity index (χ3n) is 4.87. The Hall–Kier alpha value is -1.26. The Morgan fingerprint density at radius 2 is 1.87 bits per heavy atom. The highest BCUT2D eigenvalue weighted by Crippen LogP contribution is 2.26. The molecule has 1 aromatic carbocycles. The van der Waals surface area contributed by atoms with Crippen LogP contribution < -0.4 is 15.4 Å². The first-order valence-corrected chi connectivity index (χ1v) is 8.41. The summed E-state index contributed by atoms with van der Waals surface area (Å²) in [6.07, 6.45) is 7.20. The maximum Gasteiger partial charge on any atom is 0.220 e. The topological polar surface area (TPSA) is 50.4 Å². The molecule has 23 heavy (non-hydrogen) atoms. The Morgan fingerprint density at radius 3 is 2.48 bits per heavy atom. The Labute approximate surface area is 144 Å². The highest BCUT2D eigenvalue weighted by molar-refractivity contribution is 5.85. The summed E-state index contributed by atoms with van der Waals surface area (Å²) in [7, 11) is 1.67. The number of hydrogen-bond acceptors (Lipinski definition) is 3. The zero-order chi connectivity index (χ0) is 15.4. The van der Waals surface area contributed by atoms with Gasteiger partial charge in [0.1, 0.15) is 5.75 Å². The fourth-order valence-electron chi connectivity index (χ4n) is 3.72. The van der Waals surface area contributed by atoms with E-state index in [1.54, 1.807) is 7.11 Å². The van der Waals surface area contributed by atoms with Gasteiger partial charge in [-0.3, -0.25) is 4.79 Å². The van der Waals surface area contributed by atoms with Crippen molar-refractivity contribution in [2.75, 3.05) is 7.11 Å². The Bertz CT molecular complexity index is 494. The molecule has 3 rings (SSSR count). The lowest BCUT2D eigenvalue weighted by molar-refractivity contribution is -0.122. The second-order valence-electron chi connectivity index (χ2n) is 6.58. The number of carbonyl (C=O) groups is 1. The summed E-state index contributed by atoms with van der Waals surface area (Å²) in [6, 6.07) is 9.72. The molecular weight excluding hydrogens is 312 g/mol. The van der Waals surface area contributed by atoms with Crippen LogP contribution >= 0.6 is 12.4 Å². The molecular formula is C18H27ClN2O2. The number of benzene rings is 1. The average Bonchev–Trinajstić information content (AvgIpc) is 2.87. The number of methoxy groups -OCH3 is 1. The highest BCUT2D eigenvalue weighted by Gasteiger charge is 2.33. The lowest BCUT2D eigenvalue weighted by Crippen LogP contribution is -2.48. The number of halogens is 1. The quantitative estimate of drug-likeness (QED) is 0.838. The molecule has 2 bridgehead atoms. The minimum atomic E-state index is 0. The maximum absolute atomic E-state index is 12.1. The van der Waals surface area contributed by atoms with E-state index in [-0.39, 0.29) is 18.3 Å². The molecule has 0 aromatic heterocycles. The average molecular weight is 339 g/mol. The molecule has 2 atom stereocenters. The minimum Gasteiger partial charge on any atom is -0.497 e. The van der Waals surface area contributed by atoms with Crippen molar-refractivity contribution in [2.24, 2.45) is 0 Å². The van der Waals surface area contributed by atoms with Crippen LogP contribution in [0, 0.1) is 0 Å². The summed E-state index contributed by atoms with van der Waals surface area (Å²) in [6.45, 7) is 0. The number of amides is 1. The number of aryl methyl sites for hydroxylation is 1. The van der Waals surface area contributed by atoms with Crippen LogP contribution in [0.1, 0.15) is 44.1 Å². The summed E-state index contributed by atoms with van der Waals surface area (Å²) >= 11 is 0. The lowest BCUT2D eigenvalue weighted by atomic mass is 9.99. The largest absolute Gasteiger partial charge is 0.497 e. The van der Waals surface area contributed by atoms with Gasteiger partial charge < -0.3 is 15.4 Å². The molecule has 2 aliphatic heterocycles. The van der Waals surface area contributed by atoms with Crippen molar-refractivity contribution >= 4 is 18.3 Å². The third-order valence-corrected chi connectivity index (χ3v) is 4.87. The molecule has 0 saturated carbocycles. The van der Waals surface area contributed by atoms with Crippen molar-refractivity contribution in [3.63, 3.8) is 0 Å². The van der Waals surface area contributed by atoms with Crippen molar-refractivity contribution in [1.29, 1.82) is 0 Å². The third kappa shape index (κ3) is 5.11. The second kappa shape index (κ2) is 8.55. The SMILES string of the molecule is COc1ccc(CCCC(=O)NC2CC3CCC(C2)N3)cc1.Cl. The van der Waals surface area contributed by atoms with Crippen LogP contribution in [-0.2, 0) is 11.2 Å². The fraction of sp³-hybridized carbons (Fsp3) is 0.611. The van der Waals surface area contributed by atoms with E-state index in [2.05, 4.69) is 22.8 Å². The van der Waals surface area contributed by atoms with Gasteiger partial charge in [-0.2, -0.15) is 0 Å². The van der Waals surface area contributed by atoms with E-state index in [9.17, 15) is 4.79 Å². The van der Waals surface area contributed by atoms with Crippen LogP contribution in [0.2, 0.25) is 0 Å². The minimum absolute atomic E-state index is 0. The van der Waals surface area contributed by atoms with Crippen LogP contribution in [0.4, 0.5) is 0 Å². The van der Waals surface area contributed by atoms with E-state index >= 15 is 0 Å². The maximum atomic E-state index is 12.1. The molecule has 0 spiro atoms. The Balaban J connectivity index is 0.00000192. The molecule has 1 aromatic rings. The predicted octanol–water partition coefficient (Wildman–Crippen LogP) is 2.84. The van der Waals surface area contributed by atoms with Crippen molar-refractivity contribution in [3.05, 3.63) is 29.8 Å². The summed E-state index contributed by atoms with van der Waals surface area (Å²) < 4.78 is 5.15. The Kier molecular flexibility index (Phi) is 6.72. The van der Waals surface area contributed by atoms with Crippen LogP contribution in [-0.4, -0.2) is 31.1 Å². The molecule has 2 fully saturated rings. The molecule has 2 N–H and O–H groups in total. The molecule has 0 aliphatic carbocycles. The number of carbonyl (C=O) groups excluding carboxylic acids is 1. The first kappa shape index (κ1) is 18.1. The summed E-state index contributed by atoms with van der Waals surface area (Å²) in [4.78, 5) is 12.1. The number of ether oxygens (including phenoxy) is 1. The monoisotopic (exact) mass is 338 g/mol. The predicted molar refractivity (Wildman–Crippen MR) is 94.3 cm³/mol. The molecule has 4 nitrogen and oxygen atoms in total. The van der Waals surface area contributed by atoms with Gasteiger partial charge in [0.05, 0.1) is 7.11 Å². The van der Waals surface area contributed by atoms with E-state index < -0.39 is 0 Å². The van der Waals surface area contributed by atoms with Crippen LogP contribution in [0.15, 0.2) is 24.3 Å². The van der Waals surface area contributed by atoms with Gasteiger partial charge in [-0.15, -0.1) is 12.4 Å². The van der Waals surface area contributed by atoms with Crippen molar-refractivity contribution < 1.29 is 9.53 Å². The van der Waals surface area contributed by atoms with E-state index in [1.807, 2.05) is 12.1 Å². The molecule has 0 radical (unpaired) electrons. The molecule has 5 heteroatoms. The molecule has 1 amide bonds. The summed E-state index contributed by atoms with van der Waals surface area (Å²) in [5.41, 5.74) is 1.26. The van der Waals surface area contributed by atoms with Gasteiger partial charge in [0.25, 0.3) is 0 Å². The van der Waals surface area contributed by atoms with Gasteiger partial charge in [-0.1, -0.05) is 12.1 Å². The van der Waals surface area contributed by atoms with E-state index in [4.69, 9.17) is 4.74 Å². The number of piperidine rings is 1. The van der Waals surface area contributed by atoms with Crippen molar-refractivity contribution in [3.8, 4) is 5.75 Å². The number of hydrogen-bond donors (Lipinski definition) is 2. The van der Waals surface area contributed by atoms with Gasteiger partial charge >= 0.3 is 0 Å². The molecule has 2 aliphatic rings. The van der Waals surface area contributed by atoms with Gasteiger partial charge in [0, 0.05) is 24.5 Å². The van der Waals surface area contributed by atoms with Crippen LogP contribution in [0.3, 0.4) is 0 Å². The molecule has 2 heterocycles. The number of nitrogens with one attached hydrogen (secondary N) is 2. The van der Waals surface area contributed by atoms with Crippen LogP contribution in [0.25, 0.3) is 0 Å². The molecule has 2 saturated heterocycles. The van der Waals surface area contributed by atoms with Gasteiger partial charge in [-0.25, -0.2) is 0 Å². The first-order chi connectivity index (χ1) is 10.7. The zero-order valence-corrected chi connectivity index (χ0v) is 14.5. The zero-order valence-electron chi connectivity index (χ0n) is 13.7. The van der Waals surface area contributed by atoms with E-state index in [0.29, 0.717) is 24.5 Å². The lowest BCUT2D eigenvalue weighted by Gasteiger charge is -2.29. The fourth-order valence-corrected chi connectivity index (χ4v) is 3.72. The summed E-state index contributed by atoms with van der Waals surface area (Å²) in [5, 5.41) is 6.83. The summed E-state index contributed by atoms with van der Waals surface area (Å²) in [5.74, 6) is 1.09. The van der Waals surface area contributed by atoms with Crippen molar-refractivity contribution in [1.82, 2.24) is 10.6 Å². The number of fused-ring (bicyclic) bond motifs is 2. The second-order valence-corrected chi connectivity index (χ2v) is 6.58. The van der Waals surface area contributed by atoms with Gasteiger partial charge in [-0.05, 0) is 56.2 Å². The highest BCUT2D eigenvalue weighted by atomic mass is 35.5. The standard InChI is InChI=1S/C18H26N2O2.ClH/c1-22-17-9-5-13(6-10-17)3-2-4-18(21)20-16-11-14-7-8-15(12-16)19-14;/h5-6,9-10,14-16,19H,2-4,7-8,11-12H2,1H3,(H,20,21);1H. The van der Waals surface area contributed by atoms with Crippen LogP contribution in [0.5, 0.6) is 5.75 Å². The van der Waals surface area contributed by atoms with E-state index in [0.717, 1.165) is 31.4 Å². The van der Waals surface area contributed by atoms with Gasteiger partial charge in [0.15, 0.2) is 0 Å². The number of rotatable bonds is 6. The van der Waals surface area contributed by atoms with E-state index in [1.165, 1.54) is 18.4 Å². The Morgan fingerprint density at radius 1 is 1.22 bits per heavy atom. The smallest absolute Gasteiger partial charge is 0.220 e. The normalized spacial score (nSPS) is 25.5. The molecule has 2 unspecified atom stereocenters. The van der Waals surface area contributed by atoms with Gasteiger partial charge in [0.2, 0.25) is 5.91 Å². The van der Waals surface area contributed by atoms with Crippen molar-refractivity contribution in [2.45, 2.75) is 63.1 Å². The first-order valence-electron chi connectivity index (χ1n) is 8.41.